The maximum absolute atomic E-state index is 13.5. The molecule has 41 heavy (non-hydrogen) atoms. The molecule has 0 aliphatic carbocycles. The zero-order chi connectivity index (χ0) is 29.1. The summed E-state index contributed by atoms with van der Waals surface area (Å²) >= 11 is 0. The molecular weight excluding hydrogens is 542 g/mol. The number of carbonyl (C=O) groups excluding carboxylic acids is 1. The van der Waals surface area contributed by atoms with Crippen molar-refractivity contribution in [2.75, 3.05) is 24.6 Å². The fraction of sp³-hybridized carbons (Fsp3) is 0.161. The molecule has 4 aromatic carbocycles. The molecule has 4 rings (SSSR count). The van der Waals surface area contributed by atoms with Gasteiger partial charge in [0.15, 0.2) is 11.5 Å². The second-order valence-electron chi connectivity index (χ2n) is 8.73. The van der Waals surface area contributed by atoms with Gasteiger partial charge < -0.3 is 14.2 Å². The second kappa shape index (κ2) is 14.0. The van der Waals surface area contributed by atoms with Crippen LogP contribution in [0.3, 0.4) is 0 Å². The molecule has 0 radical (unpaired) electrons. The summed E-state index contributed by atoms with van der Waals surface area (Å²) in [4.78, 5) is 12.9. The first kappa shape index (κ1) is 29.2. The van der Waals surface area contributed by atoms with Crippen molar-refractivity contribution < 1.29 is 27.4 Å². The van der Waals surface area contributed by atoms with Gasteiger partial charge in [-0.05, 0) is 60.5 Å². The summed E-state index contributed by atoms with van der Waals surface area (Å²) in [5.74, 6) is 0.945. The topological polar surface area (TPSA) is 107 Å². The molecule has 0 aromatic heterocycles. The maximum Gasteiger partial charge on any atom is 0.264 e. The summed E-state index contributed by atoms with van der Waals surface area (Å²) in [6.07, 6.45) is 1.45. The summed E-state index contributed by atoms with van der Waals surface area (Å²) in [5.41, 5.74) is 4.38. The Morgan fingerprint density at radius 2 is 1.61 bits per heavy atom. The number of hydrazone groups is 1. The van der Waals surface area contributed by atoms with Crippen LogP contribution in [0.1, 0.15) is 18.1 Å². The molecular formula is C31H31N3O6S. The van der Waals surface area contributed by atoms with Gasteiger partial charge in [0.05, 0.1) is 30.5 Å². The number of anilines is 1. The van der Waals surface area contributed by atoms with Crippen molar-refractivity contribution in [1.29, 1.82) is 0 Å². The summed E-state index contributed by atoms with van der Waals surface area (Å²) in [5, 5.41) is 4.03. The molecule has 4 aromatic rings. The lowest BCUT2D eigenvalue weighted by Crippen LogP contribution is -2.39. The van der Waals surface area contributed by atoms with E-state index in [1.165, 1.54) is 25.5 Å². The van der Waals surface area contributed by atoms with Crippen molar-refractivity contribution in [3.63, 3.8) is 0 Å². The Hall–Kier alpha value is -4.83. The number of sulfonamides is 1. The third-order valence-corrected chi connectivity index (χ3v) is 7.66. The van der Waals surface area contributed by atoms with Crippen molar-refractivity contribution in [2.24, 2.45) is 5.10 Å². The Morgan fingerprint density at radius 3 is 2.32 bits per heavy atom. The molecule has 212 valence electrons. The Bertz CT molecular complexity index is 1580. The number of rotatable bonds is 13. The van der Waals surface area contributed by atoms with E-state index >= 15 is 0 Å². The third kappa shape index (κ3) is 7.86. The van der Waals surface area contributed by atoms with Gasteiger partial charge in [-0.25, -0.2) is 13.8 Å². The first-order valence-electron chi connectivity index (χ1n) is 12.9. The lowest BCUT2D eigenvalue weighted by atomic mass is 10.2. The van der Waals surface area contributed by atoms with Gasteiger partial charge in [-0.1, -0.05) is 54.6 Å². The minimum absolute atomic E-state index is 0.0529. The standard InChI is InChI=1S/C31H31N3O6S/c1-3-39-30-19-25(17-18-29(30)40-23-24-11-6-4-7-12-24)21-32-33-31(35)22-34(26-13-10-14-27(20-26)38-2)41(36,37)28-15-8-5-9-16-28/h4-21H,3,22-23H2,1-2H3,(H,33,35)/b32-21-. The van der Waals surface area contributed by atoms with Crippen molar-refractivity contribution >= 4 is 27.8 Å². The number of hydrogen-bond donors (Lipinski definition) is 1. The summed E-state index contributed by atoms with van der Waals surface area (Å²) in [6.45, 7) is 2.20. The molecule has 0 saturated heterocycles. The Balaban J connectivity index is 1.47. The lowest BCUT2D eigenvalue weighted by molar-refractivity contribution is -0.119. The zero-order valence-corrected chi connectivity index (χ0v) is 23.6. The van der Waals surface area contributed by atoms with Crippen molar-refractivity contribution in [2.45, 2.75) is 18.4 Å². The molecule has 9 nitrogen and oxygen atoms in total. The molecule has 1 amide bonds. The molecule has 0 heterocycles. The predicted molar refractivity (Wildman–Crippen MR) is 158 cm³/mol. The molecule has 0 fully saturated rings. The van der Waals surface area contributed by atoms with E-state index in [0.717, 1.165) is 9.87 Å². The number of ether oxygens (including phenoxy) is 3. The van der Waals surface area contributed by atoms with Crippen LogP contribution in [-0.2, 0) is 21.4 Å². The van der Waals surface area contributed by atoms with E-state index in [0.29, 0.717) is 36.0 Å². The van der Waals surface area contributed by atoms with Crippen molar-refractivity contribution in [1.82, 2.24) is 5.43 Å². The minimum atomic E-state index is -4.06. The first-order valence-corrected chi connectivity index (χ1v) is 14.3. The largest absolute Gasteiger partial charge is 0.497 e. The number of nitrogens with zero attached hydrogens (tertiary/aromatic N) is 2. The number of carbonyl (C=O) groups is 1. The van der Waals surface area contributed by atoms with Crippen LogP contribution in [0.15, 0.2) is 113 Å². The van der Waals surface area contributed by atoms with Crippen LogP contribution in [0, 0.1) is 0 Å². The predicted octanol–water partition coefficient (Wildman–Crippen LogP) is 5.02. The van der Waals surface area contributed by atoms with E-state index in [1.54, 1.807) is 60.7 Å². The highest BCUT2D eigenvalue weighted by Gasteiger charge is 2.27. The van der Waals surface area contributed by atoms with E-state index in [2.05, 4.69) is 10.5 Å². The van der Waals surface area contributed by atoms with E-state index in [-0.39, 0.29) is 10.6 Å². The maximum atomic E-state index is 13.5. The van der Waals surface area contributed by atoms with Crippen LogP contribution in [0.5, 0.6) is 17.2 Å². The number of methoxy groups -OCH3 is 1. The van der Waals surface area contributed by atoms with Gasteiger partial charge in [0.25, 0.3) is 15.9 Å². The summed E-state index contributed by atoms with van der Waals surface area (Å²) in [6, 6.07) is 29.5. The first-order chi connectivity index (χ1) is 19.9. The average Bonchev–Trinajstić information content (AvgIpc) is 3.00. The zero-order valence-electron chi connectivity index (χ0n) is 22.8. The quantitative estimate of drug-likeness (QED) is 0.178. The van der Waals surface area contributed by atoms with Gasteiger partial charge in [-0.2, -0.15) is 5.10 Å². The van der Waals surface area contributed by atoms with Gasteiger partial charge in [0, 0.05) is 6.07 Å². The monoisotopic (exact) mass is 573 g/mol. The molecule has 0 aliphatic heterocycles. The van der Waals surface area contributed by atoms with Gasteiger partial charge in [0.1, 0.15) is 18.9 Å². The molecule has 0 unspecified atom stereocenters. The average molecular weight is 574 g/mol. The van der Waals surface area contributed by atoms with Gasteiger partial charge in [-0.15, -0.1) is 0 Å². The number of amides is 1. The molecule has 0 spiro atoms. The fourth-order valence-electron chi connectivity index (χ4n) is 3.87. The van der Waals surface area contributed by atoms with Gasteiger partial charge >= 0.3 is 0 Å². The number of nitrogens with one attached hydrogen (secondary N) is 1. The third-order valence-electron chi connectivity index (χ3n) is 5.87. The number of hydrogen-bond acceptors (Lipinski definition) is 7. The van der Waals surface area contributed by atoms with E-state index in [4.69, 9.17) is 14.2 Å². The molecule has 10 heteroatoms. The molecule has 0 saturated carbocycles. The highest BCUT2D eigenvalue weighted by Crippen LogP contribution is 2.29. The van der Waals surface area contributed by atoms with E-state index in [9.17, 15) is 13.2 Å². The summed E-state index contributed by atoms with van der Waals surface area (Å²) < 4.78 is 44.9. The van der Waals surface area contributed by atoms with Crippen molar-refractivity contribution in [3.8, 4) is 17.2 Å². The van der Waals surface area contributed by atoms with Crippen LogP contribution in [-0.4, -0.2) is 40.8 Å². The van der Waals surface area contributed by atoms with Gasteiger partial charge in [0.2, 0.25) is 0 Å². The molecule has 0 atom stereocenters. The second-order valence-corrected chi connectivity index (χ2v) is 10.6. The summed E-state index contributed by atoms with van der Waals surface area (Å²) in [7, 11) is -2.58. The Morgan fingerprint density at radius 1 is 0.878 bits per heavy atom. The smallest absolute Gasteiger partial charge is 0.264 e. The van der Waals surface area contributed by atoms with E-state index in [1.807, 2.05) is 37.3 Å². The lowest BCUT2D eigenvalue weighted by Gasteiger charge is -2.24. The molecule has 0 bridgehead atoms. The molecule has 0 aliphatic rings. The van der Waals surface area contributed by atoms with E-state index < -0.39 is 22.5 Å². The van der Waals surface area contributed by atoms with Crippen LogP contribution in [0.25, 0.3) is 0 Å². The number of benzene rings is 4. The molecule has 1 N–H and O–H groups in total. The SMILES string of the molecule is CCOc1cc(/C=N\NC(=O)CN(c2cccc(OC)c2)S(=O)(=O)c2ccccc2)ccc1OCc1ccccc1. The highest BCUT2D eigenvalue weighted by molar-refractivity contribution is 7.92. The highest BCUT2D eigenvalue weighted by atomic mass is 32.2. The van der Waals surface area contributed by atoms with Crippen molar-refractivity contribution in [3.05, 3.63) is 114 Å². The van der Waals surface area contributed by atoms with Crippen LogP contribution in [0.2, 0.25) is 0 Å². The Kier molecular flexibility index (Phi) is 9.95. The van der Waals surface area contributed by atoms with Crippen LogP contribution in [0.4, 0.5) is 5.69 Å². The fourth-order valence-corrected chi connectivity index (χ4v) is 5.31. The van der Waals surface area contributed by atoms with Crippen LogP contribution < -0.4 is 23.9 Å². The normalized spacial score (nSPS) is 11.2. The van der Waals surface area contributed by atoms with Gasteiger partial charge in [-0.3, -0.25) is 9.10 Å². The Labute approximate surface area is 240 Å². The minimum Gasteiger partial charge on any atom is -0.497 e. The van der Waals surface area contributed by atoms with Crippen LogP contribution >= 0.6 is 0 Å².